The van der Waals surface area contributed by atoms with Crippen LogP contribution in [0.4, 0.5) is 0 Å². The number of aryl methyl sites for hydroxylation is 1. The SMILES string of the molecule is Cc1ccc2[nH]c(C3CCCN(C(=O)C(C)N4CCOCC4)C3)c(-c3ccncc3)c2c1.Cl. The fourth-order valence-corrected chi connectivity index (χ4v) is 5.26. The quantitative estimate of drug-likeness (QED) is 0.617. The molecule has 1 N–H and O–H groups in total. The minimum Gasteiger partial charge on any atom is -0.379 e. The smallest absolute Gasteiger partial charge is 0.239 e. The number of nitrogens with zero attached hydrogens (tertiary/aromatic N) is 3. The van der Waals surface area contributed by atoms with Gasteiger partial charge in [-0.1, -0.05) is 11.6 Å². The van der Waals surface area contributed by atoms with Gasteiger partial charge in [0.25, 0.3) is 0 Å². The summed E-state index contributed by atoms with van der Waals surface area (Å²) >= 11 is 0. The van der Waals surface area contributed by atoms with Crippen LogP contribution < -0.4 is 0 Å². The lowest BCUT2D eigenvalue weighted by atomic mass is 9.89. The van der Waals surface area contributed by atoms with Crippen molar-refractivity contribution in [1.82, 2.24) is 19.8 Å². The number of fused-ring (bicyclic) bond motifs is 1. The summed E-state index contributed by atoms with van der Waals surface area (Å²) < 4.78 is 5.47. The molecule has 3 aromatic rings. The normalized spacial score (nSPS) is 20.4. The van der Waals surface area contributed by atoms with Crippen LogP contribution in [0.3, 0.4) is 0 Å². The number of amides is 1. The van der Waals surface area contributed by atoms with E-state index < -0.39 is 0 Å². The first-order valence-corrected chi connectivity index (χ1v) is 11.7. The van der Waals surface area contributed by atoms with Gasteiger partial charge in [0.05, 0.1) is 19.3 Å². The number of pyridine rings is 1. The lowest BCUT2D eigenvalue weighted by molar-refractivity contribution is -0.139. The Morgan fingerprint density at radius 1 is 1.15 bits per heavy atom. The van der Waals surface area contributed by atoms with Gasteiger partial charge in [-0.05, 0) is 56.5 Å². The van der Waals surface area contributed by atoms with E-state index in [0.717, 1.165) is 44.5 Å². The number of carbonyl (C=O) groups is 1. The molecular formula is C26H33ClN4O2. The van der Waals surface area contributed by atoms with Crippen LogP contribution in [0.25, 0.3) is 22.0 Å². The third-order valence-corrected chi connectivity index (χ3v) is 7.04. The highest BCUT2D eigenvalue weighted by molar-refractivity contribution is 5.98. The summed E-state index contributed by atoms with van der Waals surface area (Å²) in [4.78, 5) is 25.7. The predicted molar refractivity (Wildman–Crippen MR) is 134 cm³/mol. The predicted octanol–water partition coefficient (Wildman–Crippen LogP) is 4.39. The van der Waals surface area contributed by atoms with Crippen molar-refractivity contribution in [2.45, 2.75) is 38.6 Å². The third kappa shape index (κ3) is 4.79. The average molecular weight is 469 g/mol. The summed E-state index contributed by atoms with van der Waals surface area (Å²) in [5.41, 5.74) is 6.08. The van der Waals surface area contributed by atoms with Crippen LogP contribution in [-0.4, -0.2) is 71.1 Å². The van der Waals surface area contributed by atoms with Crippen LogP contribution >= 0.6 is 12.4 Å². The van der Waals surface area contributed by atoms with Crippen molar-refractivity contribution in [1.29, 1.82) is 0 Å². The number of halogens is 1. The molecule has 6 nitrogen and oxygen atoms in total. The molecule has 2 unspecified atom stereocenters. The van der Waals surface area contributed by atoms with Crippen molar-refractivity contribution >= 4 is 29.2 Å². The second-order valence-corrected chi connectivity index (χ2v) is 9.15. The van der Waals surface area contributed by atoms with Gasteiger partial charge in [-0.3, -0.25) is 14.7 Å². The Labute approximate surface area is 201 Å². The number of carbonyl (C=O) groups excluding carboxylic acids is 1. The standard InChI is InChI=1S/C26H32N4O2.ClH/c1-18-5-6-23-22(16-18)24(20-7-9-27-10-8-20)25(28-23)21-4-3-11-30(17-21)26(31)19(2)29-12-14-32-15-13-29;/h5-10,16,19,21,28H,3-4,11-15,17H2,1-2H3;1H. The monoisotopic (exact) mass is 468 g/mol. The van der Waals surface area contributed by atoms with Crippen molar-refractivity contribution in [3.05, 3.63) is 54.0 Å². The highest BCUT2D eigenvalue weighted by Gasteiger charge is 2.32. The number of hydrogen-bond acceptors (Lipinski definition) is 4. The maximum Gasteiger partial charge on any atom is 0.239 e. The molecule has 2 fully saturated rings. The summed E-state index contributed by atoms with van der Waals surface area (Å²) in [5.74, 6) is 0.537. The molecule has 0 bridgehead atoms. The first-order chi connectivity index (χ1) is 15.6. The average Bonchev–Trinajstić information content (AvgIpc) is 3.23. The summed E-state index contributed by atoms with van der Waals surface area (Å²) in [7, 11) is 0. The summed E-state index contributed by atoms with van der Waals surface area (Å²) in [6.07, 6.45) is 5.82. The van der Waals surface area contributed by atoms with E-state index in [1.165, 1.54) is 27.8 Å². The van der Waals surface area contributed by atoms with Crippen molar-refractivity contribution in [2.75, 3.05) is 39.4 Å². The fraction of sp³-hybridized carbons (Fsp3) is 0.462. The van der Waals surface area contributed by atoms with Gasteiger partial charge in [0.2, 0.25) is 5.91 Å². The van der Waals surface area contributed by atoms with Gasteiger partial charge in [-0.2, -0.15) is 0 Å². The molecule has 0 aliphatic carbocycles. The van der Waals surface area contributed by atoms with E-state index in [0.29, 0.717) is 19.1 Å². The number of hydrogen-bond donors (Lipinski definition) is 1. The van der Waals surface area contributed by atoms with Crippen molar-refractivity contribution in [3.8, 4) is 11.1 Å². The number of H-pyrrole nitrogens is 1. The first-order valence-electron chi connectivity index (χ1n) is 11.7. The van der Waals surface area contributed by atoms with Gasteiger partial charge in [0, 0.05) is 66.7 Å². The number of aromatic amines is 1. The molecule has 0 spiro atoms. The molecule has 2 aromatic heterocycles. The second-order valence-electron chi connectivity index (χ2n) is 9.15. The maximum absolute atomic E-state index is 13.4. The third-order valence-electron chi connectivity index (χ3n) is 7.04. The van der Waals surface area contributed by atoms with Crippen LogP contribution in [0.2, 0.25) is 0 Å². The number of rotatable bonds is 4. The molecular weight excluding hydrogens is 436 g/mol. The number of ether oxygens (including phenoxy) is 1. The minimum atomic E-state index is -0.0947. The van der Waals surface area contributed by atoms with E-state index in [2.05, 4.69) is 57.0 Å². The van der Waals surface area contributed by atoms with Gasteiger partial charge in [0.1, 0.15) is 0 Å². The van der Waals surface area contributed by atoms with E-state index in [1.807, 2.05) is 19.3 Å². The highest BCUT2D eigenvalue weighted by Crippen LogP contribution is 2.39. The highest BCUT2D eigenvalue weighted by atomic mass is 35.5. The Hall–Kier alpha value is -2.41. The molecule has 7 heteroatoms. The molecule has 1 aromatic carbocycles. The topological polar surface area (TPSA) is 61.5 Å². The lowest BCUT2D eigenvalue weighted by Gasteiger charge is -2.38. The fourth-order valence-electron chi connectivity index (χ4n) is 5.26. The van der Waals surface area contributed by atoms with E-state index in [1.54, 1.807) is 0 Å². The summed E-state index contributed by atoms with van der Waals surface area (Å²) in [5, 5.41) is 1.25. The zero-order valence-electron chi connectivity index (χ0n) is 19.4. The second kappa shape index (κ2) is 10.2. The molecule has 33 heavy (non-hydrogen) atoms. The Balaban J connectivity index is 0.00000259. The van der Waals surface area contributed by atoms with E-state index in [-0.39, 0.29) is 24.4 Å². The van der Waals surface area contributed by atoms with Gasteiger partial charge in [-0.15, -0.1) is 12.4 Å². The van der Waals surface area contributed by atoms with Gasteiger partial charge in [-0.25, -0.2) is 0 Å². The lowest BCUT2D eigenvalue weighted by Crippen LogP contribution is -2.52. The molecule has 2 aliphatic rings. The number of nitrogens with one attached hydrogen (secondary N) is 1. The van der Waals surface area contributed by atoms with E-state index in [9.17, 15) is 4.79 Å². The molecule has 2 atom stereocenters. The van der Waals surface area contributed by atoms with Crippen LogP contribution in [0, 0.1) is 6.92 Å². The Morgan fingerprint density at radius 2 is 1.91 bits per heavy atom. The van der Waals surface area contributed by atoms with Crippen LogP contribution in [0.15, 0.2) is 42.7 Å². The van der Waals surface area contributed by atoms with Crippen LogP contribution in [0.5, 0.6) is 0 Å². The Morgan fingerprint density at radius 3 is 2.67 bits per heavy atom. The number of piperidine rings is 1. The number of aromatic nitrogens is 2. The number of likely N-dealkylation sites (tertiary alicyclic amines) is 1. The molecule has 0 saturated carbocycles. The van der Waals surface area contributed by atoms with Gasteiger partial charge in [0.15, 0.2) is 0 Å². The first kappa shape index (κ1) is 23.7. The van der Waals surface area contributed by atoms with Crippen molar-refractivity contribution in [2.24, 2.45) is 0 Å². The van der Waals surface area contributed by atoms with E-state index in [4.69, 9.17) is 4.74 Å². The van der Waals surface area contributed by atoms with Gasteiger partial charge >= 0.3 is 0 Å². The van der Waals surface area contributed by atoms with E-state index >= 15 is 0 Å². The Kier molecular flexibility index (Phi) is 7.37. The van der Waals surface area contributed by atoms with Crippen molar-refractivity contribution < 1.29 is 9.53 Å². The zero-order chi connectivity index (χ0) is 22.1. The summed E-state index contributed by atoms with van der Waals surface area (Å²) in [6.45, 7) is 8.87. The van der Waals surface area contributed by atoms with Gasteiger partial charge < -0.3 is 14.6 Å². The minimum absolute atomic E-state index is 0. The molecule has 4 heterocycles. The van der Waals surface area contributed by atoms with Crippen LogP contribution in [-0.2, 0) is 9.53 Å². The summed E-state index contributed by atoms with van der Waals surface area (Å²) in [6, 6.07) is 10.7. The maximum atomic E-state index is 13.4. The van der Waals surface area contributed by atoms with Crippen LogP contribution in [0.1, 0.15) is 36.9 Å². The molecule has 1 amide bonds. The molecule has 0 radical (unpaired) electrons. The Bertz CT molecular complexity index is 1090. The molecule has 2 aliphatic heterocycles. The zero-order valence-corrected chi connectivity index (χ0v) is 20.2. The molecule has 5 rings (SSSR count). The largest absolute Gasteiger partial charge is 0.379 e. The number of benzene rings is 1. The molecule has 176 valence electrons. The van der Waals surface area contributed by atoms with Crippen molar-refractivity contribution in [3.63, 3.8) is 0 Å². The molecule has 2 saturated heterocycles. The number of morpholine rings is 1.